The van der Waals surface area contributed by atoms with E-state index in [9.17, 15) is 9.59 Å². The number of para-hydroxylation sites is 1. The largest absolute Gasteiger partial charge is 0.465 e. The molecule has 1 aromatic carbocycles. The van der Waals surface area contributed by atoms with Gasteiger partial charge in [-0.25, -0.2) is 14.8 Å². The highest BCUT2D eigenvalue weighted by molar-refractivity contribution is 6.07. The molecule has 0 spiro atoms. The summed E-state index contributed by atoms with van der Waals surface area (Å²) >= 11 is 0. The average molecular weight is 462 g/mol. The molecule has 0 atom stereocenters. The van der Waals surface area contributed by atoms with E-state index in [0.717, 1.165) is 48.0 Å². The summed E-state index contributed by atoms with van der Waals surface area (Å²) < 4.78 is 0. The van der Waals surface area contributed by atoms with Crippen LogP contribution in [0.4, 0.5) is 10.6 Å². The first-order valence-corrected chi connectivity index (χ1v) is 11.7. The smallest absolute Gasteiger partial charge is 0.404 e. The Morgan fingerprint density at radius 1 is 1.00 bits per heavy atom. The van der Waals surface area contributed by atoms with E-state index in [4.69, 9.17) is 10.1 Å². The molecule has 0 radical (unpaired) electrons. The van der Waals surface area contributed by atoms with Gasteiger partial charge >= 0.3 is 6.09 Å². The second-order valence-corrected chi connectivity index (χ2v) is 9.15. The van der Waals surface area contributed by atoms with Crippen molar-refractivity contribution in [2.45, 2.75) is 25.7 Å². The highest BCUT2D eigenvalue weighted by Gasteiger charge is 2.22. The van der Waals surface area contributed by atoms with E-state index in [0.29, 0.717) is 36.2 Å². The van der Waals surface area contributed by atoms with E-state index in [1.54, 1.807) is 6.20 Å². The Hall–Kier alpha value is -3.68. The molecular weight excluding hydrogens is 430 g/mol. The molecule has 2 heterocycles. The van der Waals surface area contributed by atoms with Crippen molar-refractivity contribution in [3.63, 3.8) is 0 Å². The Balaban J connectivity index is 1.46. The molecule has 3 aromatic rings. The van der Waals surface area contributed by atoms with Crippen molar-refractivity contribution in [1.29, 1.82) is 0 Å². The van der Waals surface area contributed by atoms with Crippen LogP contribution in [0.3, 0.4) is 0 Å². The number of hydrogen-bond acceptors (Lipinski definition) is 5. The van der Waals surface area contributed by atoms with Gasteiger partial charge in [-0.05, 0) is 61.8 Å². The molecule has 1 aliphatic carbocycles. The molecule has 8 nitrogen and oxygen atoms in total. The lowest BCUT2D eigenvalue weighted by atomic mass is 9.82. The van der Waals surface area contributed by atoms with Crippen LogP contribution in [0, 0.1) is 11.8 Å². The van der Waals surface area contributed by atoms with Gasteiger partial charge in [-0.15, -0.1) is 0 Å². The maximum absolute atomic E-state index is 13.2. The van der Waals surface area contributed by atoms with Crippen LogP contribution in [-0.4, -0.2) is 54.3 Å². The zero-order valence-electron chi connectivity index (χ0n) is 19.6. The minimum absolute atomic E-state index is 0.104. The summed E-state index contributed by atoms with van der Waals surface area (Å²) in [5.74, 6) is 1.53. The normalized spacial score (nSPS) is 17.8. The molecule has 2 amide bonds. The fourth-order valence-corrected chi connectivity index (χ4v) is 4.52. The number of anilines is 1. The predicted octanol–water partition coefficient (Wildman–Crippen LogP) is 4.17. The van der Waals surface area contributed by atoms with Crippen molar-refractivity contribution in [2.75, 3.05) is 32.1 Å². The lowest BCUT2D eigenvalue weighted by molar-refractivity contribution is 0.0942. The van der Waals surface area contributed by atoms with Gasteiger partial charge in [0, 0.05) is 44.3 Å². The minimum atomic E-state index is -0.970. The van der Waals surface area contributed by atoms with Gasteiger partial charge in [0.1, 0.15) is 5.82 Å². The number of aromatic nitrogens is 2. The number of pyridine rings is 2. The quantitative estimate of drug-likeness (QED) is 0.488. The summed E-state index contributed by atoms with van der Waals surface area (Å²) in [6, 6.07) is 13.4. The maximum Gasteiger partial charge on any atom is 0.404 e. The molecule has 1 fully saturated rings. The summed E-state index contributed by atoms with van der Waals surface area (Å²) in [5, 5.41) is 15.2. The van der Waals surface area contributed by atoms with Gasteiger partial charge in [-0.1, -0.05) is 18.2 Å². The van der Waals surface area contributed by atoms with Crippen molar-refractivity contribution < 1.29 is 14.7 Å². The first kappa shape index (κ1) is 23.5. The van der Waals surface area contributed by atoms with Gasteiger partial charge in [0.25, 0.3) is 5.91 Å². The third-order valence-electron chi connectivity index (χ3n) is 6.52. The van der Waals surface area contributed by atoms with E-state index in [-0.39, 0.29) is 5.91 Å². The molecule has 3 N–H and O–H groups in total. The van der Waals surface area contributed by atoms with E-state index in [1.165, 1.54) is 0 Å². The van der Waals surface area contributed by atoms with Crippen LogP contribution >= 0.6 is 0 Å². The van der Waals surface area contributed by atoms with Gasteiger partial charge < -0.3 is 20.6 Å². The van der Waals surface area contributed by atoms with Crippen LogP contribution in [0.15, 0.2) is 48.7 Å². The van der Waals surface area contributed by atoms with Gasteiger partial charge in [0.15, 0.2) is 0 Å². The number of nitrogens with zero attached hydrogens (tertiary/aromatic N) is 3. The monoisotopic (exact) mass is 461 g/mol. The second kappa shape index (κ2) is 10.5. The number of nitrogens with one attached hydrogen (secondary N) is 2. The van der Waals surface area contributed by atoms with Crippen LogP contribution in [0.2, 0.25) is 0 Å². The lowest BCUT2D eigenvalue weighted by Gasteiger charge is -2.28. The number of carboxylic acid groups (broad SMARTS) is 1. The second-order valence-electron chi connectivity index (χ2n) is 9.15. The highest BCUT2D eigenvalue weighted by Crippen LogP contribution is 2.29. The number of carbonyl (C=O) groups is 2. The Morgan fingerprint density at radius 2 is 1.68 bits per heavy atom. The van der Waals surface area contributed by atoms with E-state index >= 15 is 0 Å². The third-order valence-corrected chi connectivity index (χ3v) is 6.52. The molecule has 0 saturated heterocycles. The van der Waals surface area contributed by atoms with Crippen LogP contribution < -0.4 is 15.5 Å². The standard InChI is InChI=1S/C26H31N5O3/c1-31(2)24-12-11-19(16-27-24)23-13-21(20-5-3-4-6-22(20)30-23)25(32)28-14-17-7-9-18(10-8-17)15-29-26(33)34/h3-6,11-13,16-18,29H,7-10,14-15H2,1-2H3,(H,28,32)(H,33,34)/t17-,18-. The zero-order valence-corrected chi connectivity index (χ0v) is 19.6. The summed E-state index contributed by atoms with van der Waals surface area (Å²) in [5.41, 5.74) is 2.96. The van der Waals surface area contributed by atoms with Crippen LogP contribution in [0.5, 0.6) is 0 Å². The maximum atomic E-state index is 13.2. The molecule has 0 aliphatic heterocycles. The summed E-state index contributed by atoms with van der Waals surface area (Å²) in [6.07, 6.45) is 4.73. The Bertz CT molecular complexity index is 1150. The molecule has 1 aliphatic rings. The molecule has 8 heteroatoms. The van der Waals surface area contributed by atoms with Gasteiger partial charge in [0.05, 0.1) is 16.8 Å². The van der Waals surface area contributed by atoms with Crippen molar-refractivity contribution >= 4 is 28.7 Å². The van der Waals surface area contributed by atoms with E-state index < -0.39 is 6.09 Å². The van der Waals surface area contributed by atoms with Crippen molar-refractivity contribution in [3.05, 3.63) is 54.2 Å². The van der Waals surface area contributed by atoms with Gasteiger partial charge in [-0.2, -0.15) is 0 Å². The highest BCUT2D eigenvalue weighted by atomic mass is 16.4. The summed E-state index contributed by atoms with van der Waals surface area (Å²) in [4.78, 5) is 35.1. The van der Waals surface area contributed by atoms with E-state index in [2.05, 4.69) is 15.6 Å². The van der Waals surface area contributed by atoms with Crippen molar-refractivity contribution in [1.82, 2.24) is 20.6 Å². The fraction of sp³-hybridized carbons (Fsp3) is 0.385. The van der Waals surface area contributed by atoms with Crippen molar-refractivity contribution in [2.24, 2.45) is 11.8 Å². The minimum Gasteiger partial charge on any atom is -0.465 e. The summed E-state index contributed by atoms with van der Waals surface area (Å²) in [7, 11) is 3.89. The molecule has 4 rings (SSSR count). The number of rotatable bonds is 7. The van der Waals surface area contributed by atoms with Crippen LogP contribution in [-0.2, 0) is 0 Å². The Kier molecular flexibility index (Phi) is 7.25. The van der Waals surface area contributed by atoms with Crippen molar-refractivity contribution in [3.8, 4) is 11.3 Å². The zero-order chi connectivity index (χ0) is 24.1. The third kappa shape index (κ3) is 5.62. The predicted molar refractivity (Wildman–Crippen MR) is 133 cm³/mol. The van der Waals surface area contributed by atoms with Crippen LogP contribution in [0.25, 0.3) is 22.2 Å². The summed E-state index contributed by atoms with van der Waals surface area (Å²) in [6.45, 7) is 1.12. The van der Waals surface area contributed by atoms with Gasteiger partial charge in [0.2, 0.25) is 0 Å². The van der Waals surface area contributed by atoms with E-state index in [1.807, 2.05) is 61.5 Å². The fourth-order valence-electron chi connectivity index (χ4n) is 4.52. The molecule has 2 aromatic heterocycles. The number of carbonyl (C=O) groups excluding carboxylic acids is 1. The molecule has 34 heavy (non-hydrogen) atoms. The number of amides is 2. The van der Waals surface area contributed by atoms with Gasteiger partial charge in [-0.3, -0.25) is 4.79 Å². The number of hydrogen-bond donors (Lipinski definition) is 3. The molecular formula is C26H31N5O3. The molecule has 0 bridgehead atoms. The molecule has 0 unspecified atom stereocenters. The van der Waals surface area contributed by atoms with Crippen LogP contribution in [0.1, 0.15) is 36.0 Å². The molecule has 178 valence electrons. The number of benzene rings is 1. The first-order valence-electron chi connectivity index (χ1n) is 11.7. The first-order chi connectivity index (χ1) is 16.4. The topological polar surface area (TPSA) is 107 Å². The SMILES string of the molecule is CN(C)c1ccc(-c2cc(C(=O)NC[C@H]3CC[C@H](CNC(=O)O)CC3)c3ccccc3n2)cn1. The Labute approximate surface area is 199 Å². The Morgan fingerprint density at radius 3 is 2.29 bits per heavy atom. The lowest BCUT2D eigenvalue weighted by Crippen LogP contribution is -2.34. The molecule has 1 saturated carbocycles. The number of fused-ring (bicyclic) bond motifs is 1. The average Bonchev–Trinajstić information content (AvgIpc) is 2.86.